The van der Waals surface area contributed by atoms with Gasteiger partial charge in [-0.15, -0.1) is 0 Å². The van der Waals surface area contributed by atoms with Crippen LogP contribution in [0.25, 0.3) is 76.9 Å². The maximum absolute atomic E-state index is 9.22. The molecule has 0 fully saturated rings. The fourth-order valence-corrected chi connectivity index (χ4v) is 6.46. The predicted octanol–water partition coefficient (Wildman–Crippen LogP) is 12.5. The van der Waals surface area contributed by atoms with Gasteiger partial charge >= 0.3 is 0 Å². The first-order valence-electron chi connectivity index (χ1n) is 21.3. The van der Waals surface area contributed by atoms with Gasteiger partial charge in [-0.05, 0) is 73.0 Å². The van der Waals surface area contributed by atoms with Gasteiger partial charge in [0.2, 0.25) is 0 Å². The SMILES string of the molecule is [2H]c1c([2H])c([2H])c(Cc2c3c([2H])c([2H])c([2H])c([2H])c3c(-c3ccc(-c4cccc5oc6c(-c7ccccc7)cccc6c45)cc3)c3c([2H])c([2H])c([2H])c([2H])c23)c([2H])c1[2H]. The minimum atomic E-state index is -0.616. The smallest absolute Gasteiger partial charge is 0.143 e. The largest absolute Gasteiger partial charge is 0.455 e. The van der Waals surface area contributed by atoms with E-state index in [4.69, 9.17) is 19.5 Å². The first-order chi connectivity index (χ1) is 28.2. The lowest BCUT2D eigenvalue weighted by Gasteiger charge is -2.18. The van der Waals surface area contributed by atoms with E-state index in [1.165, 1.54) is 0 Å². The van der Waals surface area contributed by atoms with E-state index >= 15 is 0 Å². The molecule has 0 unspecified atom stereocenters. The Kier molecular flexibility index (Phi) is 3.89. The maximum atomic E-state index is 9.22. The average Bonchev–Trinajstić information content (AvgIpc) is 3.65. The number of para-hydroxylation sites is 1. The summed E-state index contributed by atoms with van der Waals surface area (Å²) in [6.07, 6.45) is -0.485. The molecule has 0 aliphatic heterocycles. The molecule has 0 saturated heterocycles. The summed E-state index contributed by atoms with van der Waals surface area (Å²) in [6, 6.07) is 21.8. The minimum absolute atomic E-state index is 0.0127. The van der Waals surface area contributed by atoms with Gasteiger partial charge in [-0.25, -0.2) is 0 Å². The summed E-state index contributed by atoms with van der Waals surface area (Å²) >= 11 is 0. The van der Waals surface area contributed by atoms with Crippen molar-refractivity contribution in [3.05, 3.63) is 181 Å². The third kappa shape index (κ3) is 4.32. The van der Waals surface area contributed by atoms with Gasteiger partial charge in [0, 0.05) is 16.3 Å². The Morgan fingerprint density at radius 2 is 1.04 bits per heavy atom. The van der Waals surface area contributed by atoms with Crippen LogP contribution in [0.2, 0.25) is 0 Å². The molecule has 0 bridgehead atoms. The van der Waals surface area contributed by atoms with Crippen LogP contribution in [-0.2, 0) is 6.42 Å². The zero-order valence-corrected chi connectivity index (χ0v) is 24.3. The predicted molar refractivity (Wildman–Crippen MR) is 194 cm³/mol. The van der Waals surface area contributed by atoms with Crippen molar-refractivity contribution in [3.8, 4) is 33.4 Å². The van der Waals surface area contributed by atoms with Crippen LogP contribution in [0, 0.1) is 0 Å². The Labute approximate surface area is 286 Å². The van der Waals surface area contributed by atoms with Crippen molar-refractivity contribution < 1.29 is 22.2 Å². The van der Waals surface area contributed by atoms with Gasteiger partial charge in [0.1, 0.15) is 11.2 Å². The van der Waals surface area contributed by atoms with Crippen molar-refractivity contribution in [1.82, 2.24) is 0 Å². The summed E-state index contributed by atoms with van der Waals surface area (Å²) in [5, 5.41) is 1.59. The molecule has 0 aliphatic rings. The molecule has 0 radical (unpaired) electrons. The number of rotatable bonds is 5. The number of hydrogen-bond donors (Lipinski definition) is 0. The highest BCUT2D eigenvalue weighted by Gasteiger charge is 2.18. The standard InChI is InChI=1S/C45H30O/c1-3-13-30(14-4-1)29-41-36-17-7-9-19-38(36)43(39-20-10-8-18-37(39)41)33-27-25-32(26-28-33)34-21-12-24-42-44(34)40-23-11-22-35(45(40)46-42)31-15-5-2-6-16-31/h1-28H,29H2/i1D,3D,4D,7D,8D,9D,10D,13D,14D,17D,18D,19D,20D. The lowest BCUT2D eigenvalue weighted by molar-refractivity contribution is 0.670. The molecule has 0 aliphatic carbocycles. The van der Waals surface area contributed by atoms with Crippen molar-refractivity contribution in [1.29, 1.82) is 0 Å². The second-order valence-electron chi connectivity index (χ2n) is 11.0. The van der Waals surface area contributed by atoms with Crippen LogP contribution in [-0.4, -0.2) is 0 Å². The van der Waals surface area contributed by atoms with Gasteiger partial charge in [-0.3, -0.25) is 0 Å². The van der Waals surface area contributed by atoms with Crippen LogP contribution in [0.3, 0.4) is 0 Å². The molecule has 1 nitrogen and oxygen atoms in total. The molecular weight excluding hydrogens is 556 g/mol. The molecule has 1 aromatic heterocycles. The van der Waals surface area contributed by atoms with Crippen LogP contribution >= 0.6 is 0 Å². The molecule has 9 rings (SSSR count). The molecule has 1 heterocycles. The molecule has 0 atom stereocenters. The third-order valence-corrected chi connectivity index (χ3v) is 8.48. The highest BCUT2D eigenvalue weighted by molar-refractivity contribution is 6.17. The molecule has 9 aromatic rings. The van der Waals surface area contributed by atoms with E-state index in [0.717, 1.165) is 38.6 Å². The second kappa shape index (κ2) is 10.9. The molecule has 0 saturated carbocycles. The van der Waals surface area contributed by atoms with Crippen molar-refractivity contribution >= 4 is 43.5 Å². The Morgan fingerprint density at radius 1 is 0.457 bits per heavy atom. The Morgan fingerprint density at radius 3 is 1.76 bits per heavy atom. The normalized spacial score (nSPS) is 15.5. The zero-order valence-electron chi connectivity index (χ0n) is 37.3. The van der Waals surface area contributed by atoms with E-state index in [2.05, 4.69) is 0 Å². The highest BCUT2D eigenvalue weighted by atomic mass is 16.3. The first-order valence-corrected chi connectivity index (χ1v) is 14.8. The van der Waals surface area contributed by atoms with Crippen LogP contribution in [0.4, 0.5) is 0 Å². The molecule has 216 valence electrons. The Bertz CT molecular complexity index is 3160. The first kappa shape index (κ1) is 16.4. The maximum Gasteiger partial charge on any atom is 0.143 e. The van der Waals surface area contributed by atoms with E-state index in [0.29, 0.717) is 11.1 Å². The van der Waals surface area contributed by atoms with Gasteiger partial charge in [0.05, 0.1) is 17.8 Å². The molecule has 0 N–H and O–H groups in total. The average molecular weight is 600 g/mol. The topological polar surface area (TPSA) is 13.1 Å². The monoisotopic (exact) mass is 599 g/mol. The summed E-state index contributed by atoms with van der Waals surface area (Å²) in [6.45, 7) is 0. The summed E-state index contributed by atoms with van der Waals surface area (Å²) < 4.78 is 120. The van der Waals surface area contributed by atoms with Crippen LogP contribution in [0.1, 0.15) is 28.9 Å². The third-order valence-electron chi connectivity index (χ3n) is 8.48. The fraction of sp³-hybridized carbons (Fsp3) is 0.0222. The summed E-state index contributed by atoms with van der Waals surface area (Å²) in [5.74, 6) is 0. The van der Waals surface area contributed by atoms with Gasteiger partial charge in [0.25, 0.3) is 0 Å². The van der Waals surface area contributed by atoms with Gasteiger partial charge in [-0.2, -0.15) is 0 Å². The van der Waals surface area contributed by atoms with Crippen molar-refractivity contribution in [2.24, 2.45) is 0 Å². The number of hydrogen-bond acceptors (Lipinski definition) is 1. The van der Waals surface area contributed by atoms with E-state index in [-0.39, 0.29) is 38.2 Å². The van der Waals surface area contributed by atoms with Gasteiger partial charge in [0.15, 0.2) is 0 Å². The molecule has 1 heteroatoms. The lowest BCUT2D eigenvalue weighted by atomic mass is 9.86. The van der Waals surface area contributed by atoms with Crippen molar-refractivity contribution in [3.63, 3.8) is 0 Å². The lowest BCUT2D eigenvalue weighted by Crippen LogP contribution is -1.95. The van der Waals surface area contributed by atoms with Gasteiger partial charge in [-0.1, -0.05) is 163 Å². The number of furan rings is 1. The number of benzene rings is 8. The minimum Gasteiger partial charge on any atom is -0.455 e. The molecular formula is C45H30O. The van der Waals surface area contributed by atoms with E-state index in [1.54, 1.807) is 12.1 Å². The summed E-state index contributed by atoms with van der Waals surface area (Å²) in [4.78, 5) is 0. The molecule has 46 heavy (non-hydrogen) atoms. The van der Waals surface area contributed by atoms with E-state index in [9.17, 15) is 2.74 Å². The van der Waals surface area contributed by atoms with Crippen molar-refractivity contribution in [2.45, 2.75) is 6.42 Å². The summed E-state index contributed by atoms with van der Waals surface area (Å²) in [7, 11) is 0. The van der Waals surface area contributed by atoms with Crippen LogP contribution < -0.4 is 0 Å². The second-order valence-corrected chi connectivity index (χ2v) is 11.0. The fourth-order valence-electron chi connectivity index (χ4n) is 6.46. The van der Waals surface area contributed by atoms with E-state index in [1.807, 2.05) is 78.9 Å². The van der Waals surface area contributed by atoms with Crippen LogP contribution in [0.15, 0.2) is 174 Å². The summed E-state index contributed by atoms with van der Waals surface area (Å²) in [5.41, 5.74) is 5.39. The zero-order chi connectivity index (χ0) is 41.8. The van der Waals surface area contributed by atoms with E-state index < -0.39 is 85.0 Å². The number of fused-ring (bicyclic) bond motifs is 5. The highest BCUT2D eigenvalue weighted by Crippen LogP contribution is 2.43. The van der Waals surface area contributed by atoms with Crippen molar-refractivity contribution in [2.75, 3.05) is 0 Å². The quantitative estimate of drug-likeness (QED) is 0.179. The van der Waals surface area contributed by atoms with Gasteiger partial charge < -0.3 is 4.42 Å². The molecule has 8 aromatic carbocycles. The molecule has 0 amide bonds. The molecule has 0 spiro atoms. The Balaban J connectivity index is 1.33. The Hall–Kier alpha value is -5.92. The van der Waals surface area contributed by atoms with Crippen LogP contribution in [0.5, 0.6) is 0 Å².